The standard InChI is InChI=1S/C9H15N3O/c1-9(2,11)6-13-8-7(10)4-3-5-12-8/h3-5H,6,10-11H2,1-2H3. The van der Waals surface area contributed by atoms with E-state index in [-0.39, 0.29) is 5.54 Å². The van der Waals surface area contributed by atoms with Gasteiger partial charge in [0.15, 0.2) is 0 Å². The lowest BCUT2D eigenvalue weighted by Gasteiger charge is -2.18. The number of ether oxygens (including phenoxy) is 1. The fourth-order valence-electron chi connectivity index (χ4n) is 0.778. The highest BCUT2D eigenvalue weighted by atomic mass is 16.5. The van der Waals surface area contributed by atoms with E-state index in [1.54, 1.807) is 18.3 Å². The van der Waals surface area contributed by atoms with Gasteiger partial charge in [0.25, 0.3) is 0 Å². The zero-order valence-corrected chi connectivity index (χ0v) is 7.95. The second-order valence-electron chi connectivity index (χ2n) is 3.68. The molecule has 0 amide bonds. The van der Waals surface area contributed by atoms with Gasteiger partial charge in [0.2, 0.25) is 5.88 Å². The molecule has 1 heterocycles. The third kappa shape index (κ3) is 3.29. The number of rotatable bonds is 3. The van der Waals surface area contributed by atoms with Crippen molar-refractivity contribution in [2.24, 2.45) is 5.73 Å². The van der Waals surface area contributed by atoms with Crippen LogP contribution in [0.1, 0.15) is 13.8 Å². The molecule has 0 saturated heterocycles. The zero-order chi connectivity index (χ0) is 9.90. The molecule has 0 atom stereocenters. The van der Waals surface area contributed by atoms with Crippen molar-refractivity contribution in [3.05, 3.63) is 18.3 Å². The Morgan fingerprint density at radius 1 is 1.54 bits per heavy atom. The number of aromatic nitrogens is 1. The third-order valence-corrected chi connectivity index (χ3v) is 1.38. The SMILES string of the molecule is CC(C)(N)COc1ncccc1N. The molecule has 0 spiro atoms. The smallest absolute Gasteiger partial charge is 0.237 e. The molecule has 0 unspecified atom stereocenters. The molecular formula is C9H15N3O. The summed E-state index contributed by atoms with van der Waals surface area (Å²) in [4.78, 5) is 3.98. The van der Waals surface area contributed by atoms with Gasteiger partial charge in [0.05, 0.1) is 5.69 Å². The Morgan fingerprint density at radius 2 is 2.23 bits per heavy atom. The third-order valence-electron chi connectivity index (χ3n) is 1.38. The summed E-state index contributed by atoms with van der Waals surface area (Å²) in [7, 11) is 0. The molecule has 4 N–H and O–H groups in total. The first kappa shape index (κ1) is 9.80. The van der Waals surface area contributed by atoms with Crippen LogP contribution < -0.4 is 16.2 Å². The van der Waals surface area contributed by atoms with Crippen LogP contribution in [-0.2, 0) is 0 Å². The van der Waals surface area contributed by atoms with E-state index in [1.807, 2.05) is 13.8 Å². The van der Waals surface area contributed by atoms with Crippen LogP contribution in [0.5, 0.6) is 5.88 Å². The highest BCUT2D eigenvalue weighted by molar-refractivity contribution is 5.46. The first-order valence-corrected chi connectivity index (χ1v) is 4.11. The summed E-state index contributed by atoms with van der Waals surface area (Å²) in [6, 6.07) is 3.50. The maximum absolute atomic E-state index is 5.74. The first-order valence-electron chi connectivity index (χ1n) is 4.11. The Morgan fingerprint density at radius 3 is 2.77 bits per heavy atom. The van der Waals surface area contributed by atoms with Crippen LogP contribution in [-0.4, -0.2) is 17.1 Å². The van der Waals surface area contributed by atoms with E-state index in [4.69, 9.17) is 16.2 Å². The highest BCUT2D eigenvalue weighted by Gasteiger charge is 2.12. The molecule has 0 aliphatic rings. The number of hydrogen-bond acceptors (Lipinski definition) is 4. The normalized spacial score (nSPS) is 11.3. The van der Waals surface area contributed by atoms with Crippen molar-refractivity contribution in [2.75, 3.05) is 12.3 Å². The Labute approximate surface area is 77.9 Å². The van der Waals surface area contributed by atoms with Crippen LogP contribution in [0.2, 0.25) is 0 Å². The lowest BCUT2D eigenvalue weighted by molar-refractivity contribution is 0.236. The summed E-state index contributed by atoms with van der Waals surface area (Å²) in [6.45, 7) is 4.16. The number of anilines is 1. The fraction of sp³-hybridized carbons (Fsp3) is 0.444. The minimum Gasteiger partial charge on any atom is -0.474 e. The van der Waals surface area contributed by atoms with E-state index in [1.165, 1.54) is 0 Å². The molecule has 1 rings (SSSR count). The van der Waals surface area contributed by atoms with Gasteiger partial charge in [-0.05, 0) is 26.0 Å². The van der Waals surface area contributed by atoms with Crippen molar-refractivity contribution >= 4 is 5.69 Å². The summed E-state index contributed by atoms with van der Waals surface area (Å²) in [5.41, 5.74) is 11.5. The predicted molar refractivity (Wildman–Crippen MR) is 52.4 cm³/mol. The summed E-state index contributed by atoms with van der Waals surface area (Å²) in [5.74, 6) is 0.445. The molecular weight excluding hydrogens is 166 g/mol. The van der Waals surface area contributed by atoms with Crippen LogP contribution in [0.4, 0.5) is 5.69 Å². The van der Waals surface area contributed by atoms with Crippen LogP contribution in [0, 0.1) is 0 Å². The van der Waals surface area contributed by atoms with Gasteiger partial charge in [-0.3, -0.25) is 0 Å². The largest absolute Gasteiger partial charge is 0.474 e. The second kappa shape index (κ2) is 3.62. The Balaban J connectivity index is 2.60. The molecule has 0 radical (unpaired) electrons. The summed E-state index contributed by atoms with van der Waals surface area (Å²) in [5, 5.41) is 0. The summed E-state index contributed by atoms with van der Waals surface area (Å²) < 4.78 is 5.34. The van der Waals surface area contributed by atoms with E-state index < -0.39 is 0 Å². The molecule has 0 saturated carbocycles. The molecule has 0 fully saturated rings. The topological polar surface area (TPSA) is 74.2 Å². The van der Waals surface area contributed by atoms with E-state index in [0.29, 0.717) is 18.2 Å². The number of nitrogen functional groups attached to an aromatic ring is 1. The van der Waals surface area contributed by atoms with Gasteiger partial charge >= 0.3 is 0 Å². The molecule has 4 nitrogen and oxygen atoms in total. The van der Waals surface area contributed by atoms with Crippen LogP contribution in [0.25, 0.3) is 0 Å². The van der Waals surface area contributed by atoms with Crippen LogP contribution in [0.15, 0.2) is 18.3 Å². The van der Waals surface area contributed by atoms with E-state index in [0.717, 1.165) is 0 Å². The van der Waals surface area contributed by atoms with E-state index in [9.17, 15) is 0 Å². The van der Waals surface area contributed by atoms with Gasteiger partial charge in [-0.1, -0.05) is 0 Å². The molecule has 13 heavy (non-hydrogen) atoms. The molecule has 1 aromatic rings. The Kier molecular flexibility index (Phi) is 2.72. The Bertz CT molecular complexity index is 280. The molecule has 4 heteroatoms. The average Bonchev–Trinajstić information content (AvgIpc) is 2.01. The molecule has 72 valence electrons. The predicted octanol–water partition coefficient (Wildman–Crippen LogP) is 0.780. The van der Waals surface area contributed by atoms with Crippen molar-refractivity contribution in [1.82, 2.24) is 4.98 Å². The maximum atomic E-state index is 5.74. The van der Waals surface area contributed by atoms with Gasteiger partial charge in [0.1, 0.15) is 6.61 Å². The Hall–Kier alpha value is -1.29. The van der Waals surface area contributed by atoms with Gasteiger partial charge in [0, 0.05) is 11.7 Å². The monoisotopic (exact) mass is 181 g/mol. The van der Waals surface area contributed by atoms with E-state index in [2.05, 4.69) is 4.98 Å². The minimum absolute atomic E-state index is 0.371. The van der Waals surface area contributed by atoms with Crippen molar-refractivity contribution < 1.29 is 4.74 Å². The van der Waals surface area contributed by atoms with Crippen LogP contribution >= 0.6 is 0 Å². The number of nitrogens with zero attached hydrogens (tertiary/aromatic N) is 1. The van der Waals surface area contributed by atoms with Gasteiger partial charge < -0.3 is 16.2 Å². The summed E-state index contributed by atoms with van der Waals surface area (Å²) in [6.07, 6.45) is 1.63. The lowest BCUT2D eigenvalue weighted by Crippen LogP contribution is -2.38. The van der Waals surface area contributed by atoms with Crippen molar-refractivity contribution in [2.45, 2.75) is 19.4 Å². The fourth-order valence-corrected chi connectivity index (χ4v) is 0.778. The number of hydrogen-bond donors (Lipinski definition) is 2. The second-order valence-corrected chi connectivity index (χ2v) is 3.68. The molecule has 0 aromatic carbocycles. The van der Waals surface area contributed by atoms with Gasteiger partial charge in [-0.25, -0.2) is 4.98 Å². The number of nitrogens with two attached hydrogens (primary N) is 2. The minimum atomic E-state index is -0.371. The molecule has 0 aliphatic carbocycles. The van der Waals surface area contributed by atoms with Crippen LogP contribution in [0.3, 0.4) is 0 Å². The molecule has 1 aromatic heterocycles. The zero-order valence-electron chi connectivity index (χ0n) is 7.95. The van der Waals surface area contributed by atoms with Gasteiger partial charge in [-0.2, -0.15) is 0 Å². The van der Waals surface area contributed by atoms with E-state index >= 15 is 0 Å². The van der Waals surface area contributed by atoms with Crippen molar-refractivity contribution in [1.29, 1.82) is 0 Å². The summed E-state index contributed by atoms with van der Waals surface area (Å²) >= 11 is 0. The van der Waals surface area contributed by atoms with Crippen molar-refractivity contribution in [3.8, 4) is 5.88 Å². The quantitative estimate of drug-likeness (QED) is 0.722. The lowest BCUT2D eigenvalue weighted by atomic mass is 10.1. The highest BCUT2D eigenvalue weighted by Crippen LogP contribution is 2.16. The first-order chi connectivity index (χ1) is 5.99. The van der Waals surface area contributed by atoms with Gasteiger partial charge in [-0.15, -0.1) is 0 Å². The average molecular weight is 181 g/mol. The molecule has 0 aliphatic heterocycles. The number of pyridine rings is 1. The maximum Gasteiger partial charge on any atom is 0.237 e. The molecule has 0 bridgehead atoms. The van der Waals surface area contributed by atoms with Crippen molar-refractivity contribution in [3.63, 3.8) is 0 Å².